The van der Waals surface area contributed by atoms with Crippen LogP contribution in [0.3, 0.4) is 0 Å². The van der Waals surface area contributed by atoms with Crippen LogP contribution < -0.4 is 16.4 Å². The van der Waals surface area contributed by atoms with Gasteiger partial charge in [-0.3, -0.25) is 4.79 Å². The van der Waals surface area contributed by atoms with Gasteiger partial charge < -0.3 is 16.4 Å². The lowest BCUT2D eigenvalue weighted by Gasteiger charge is -2.07. The normalized spacial score (nSPS) is 10.6. The van der Waals surface area contributed by atoms with Crippen LogP contribution in [-0.2, 0) is 0 Å². The summed E-state index contributed by atoms with van der Waals surface area (Å²) in [5.74, 6) is -0.243. The Bertz CT molecular complexity index is 1140. The van der Waals surface area contributed by atoms with Crippen molar-refractivity contribution in [3.05, 3.63) is 78.4 Å². The van der Waals surface area contributed by atoms with Crippen LogP contribution in [-0.4, -0.2) is 16.9 Å². The Morgan fingerprint density at radius 2 is 1.64 bits per heavy atom. The molecule has 3 amide bonds. The average Bonchev–Trinajstić information content (AvgIpc) is 3.12. The summed E-state index contributed by atoms with van der Waals surface area (Å²) in [6.45, 7) is 0. The third-order valence-corrected chi connectivity index (χ3v) is 5.16. The van der Waals surface area contributed by atoms with Crippen LogP contribution in [0, 0.1) is 0 Å². The monoisotopic (exact) mass is 388 g/mol. The number of hydrogen-bond acceptors (Lipinski definition) is 4. The number of nitrogens with one attached hydrogen (secondary N) is 2. The molecule has 0 saturated heterocycles. The molecule has 4 aromatic rings. The molecular weight excluding hydrogens is 372 g/mol. The largest absolute Gasteiger partial charge is 0.351 e. The summed E-state index contributed by atoms with van der Waals surface area (Å²) in [6.07, 6.45) is 0. The van der Waals surface area contributed by atoms with E-state index < -0.39 is 6.03 Å². The van der Waals surface area contributed by atoms with Crippen LogP contribution in [0.25, 0.3) is 20.8 Å². The van der Waals surface area contributed by atoms with E-state index in [1.165, 1.54) is 0 Å². The molecule has 0 radical (unpaired) electrons. The van der Waals surface area contributed by atoms with Crippen LogP contribution in [0.2, 0.25) is 0 Å². The number of fused-ring (bicyclic) bond motifs is 1. The van der Waals surface area contributed by atoms with Gasteiger partial charge in [0.25, 0.3) is 5.91 Å². The van der Waals surface area contributed by atoms with Crippen LogP contribution in [0.15, 0.2) is 72.8 Å². The Morgan fingerprint density at radius 3 is 2.39 bits per heavy atom. The van der Waals surface area contributed by atoms with Crippen LogP contribution in [0.1, 0.15) is 10.4 Å². The third-order valence-electron chi connectivity index (χ3n) is 4.08. The maximum Gasteiger partial charge on any atom is 0.316 e. The number of carbonyl (C=O) groups excluding carboxylic acids is 2. The second-order valence-electron chi connectivity index (χ2n) is 6.09. The second-order valence-corrected chi connectivity index (χ2v) is 7.12. The molecule has 0 aliphatic rings. The van der Waals surface area contributed by atoms with E-state index in [9.17, 15) is 9.59 Å². The zero-order valence-electron chi connectivity index (χ0n) is 14.7. The minimum atomic E-state index is -0.649. The van der Waals surface area contributed by atoms with Gasteiger partial charge in [-0.1, -0.05) is 24.3 Å². The molecule has 0 unspecified atom stereocenters. The maximum atomic E-state index is 12.5. The van der Waals surface area contributed by atoms with Gasteiger partial charge in [-0.25, -0.2) is 9.78 Å². The summed E-state index contributed by atoms with van der Waals surface area (Å²) in [4.78, 5) is 28.0. The maximum absolute atomic E-state index is 12.5. The summed E-state index contributed by atoms with van der Waals surface area (Å²) in [6, 6.07) is 21.4. The summed E-state index contributed by atoms with van der Waals surface area (Å²) >= 11 is 1.61. The number of anilines is 2. The minimum absolute atomic E-state index is 0.243. The molecule has 6 nitrogen and oxygen atoms in total. The Balaban J connectivity index is 1.53. The van der Waals surface area contributed by atoms with Crippen LogP contribution in [0.5, 0.6) is 0 Å². The lowest BCUT2D eigenvalue weighted by atomic mass is 10.1. The number of urea groups is 1. The van der Waals surface area contributed by atoms with Gasteiger partial charge in [0.1, 0.15) is 5.01 Å². The molecule has 0 fully saturated rings. The number of rotatable bonds is 4. The molecule has 4 N–H and O–H groups in total. The van der Waals surface area contributed by atoms with E-state index in [2.05, 4.69) is 15.6 Å². The van der Waals surface area contributed by atoms with Gasteiger partial charge in [-0.05, 0) is 48.5 Å². The quantitative estimate of drug-likeness (QED) is 0.472. The minimum Gasteiger partial charge on any atom is -0.351 e. The first-order chi connectivity index (χ1) is 13.6. The van der Waals surface area contributed by atoms with Crippen LogP contribution in [0.4, 0.5) is 16.2 Å². The standard InChI is InChI=1S/C21H16N4O2S/c22-21(27)24-15-10-8-13(9-11-15)19(26)23-16-5-3-4-14(12-16)20-25-17-6-1-2-7-18(17)28-20/h1-12H,(H,23,26)(H3,22,24,27). The van der Waals surface area contributed by atoms with Crippen molar-refractivity contribution in [3.63, 3.8) is 0 Å². The Labute approximate surface area is 165 Å². The van der Waals surface area contributed by atoms with Gasteiger partial charge in [0, 0.05) is 22.5 Å². The highest BCUT2D eigenvalue weighted by Crippen LogP contribution is 2.31. The lowest BCUT2D eigenvalue weighted by Crippen LogP contribution is -2.19. The summed E-state index contributed by atoms with van der Waals surface area (Å²) in [5, 5.41) is 6.25. The predicted molar refractivity (Wildman–Crippen MR) is 113 cm³/mol. The number of nitrogens with zero attached hydrogens (tertiary/aromatic N) is 1. The van der Waals surface area contributed by atoms with Crippen molar-refractivity contribution in [2.75, 3.05) is 10.6 Å². The fraction of sp³-hybridized carbons (Fsp3) is 0. The Hall–Kier alpha value is -3.71. The molecule has 0 aliphatic heterocycles. The smallest absolute Gasteiger partial charge is 0.316 e. The fourth-order valence-corrected chi connectivity index (χ4v) is 3.74. The third kappa shape index (κ3) is 3.84. The number of carbonyl (C=O) groups is 2. The molecule has 3 aromatic carbocycles. The van der Waals surface area contributed by atoms with Crippen molar-refractivity contribution in [3.8, 4) is 10.6 Å². The molecule has 1 aromatic heterocycles. The van der Waals surface area contributed by atoms with E-state index in [1.54, 1.807) is 35.6 Å². The zero-order valence-corrected chi connectivity index (χ0v) is 15.5. The van der Waals surface area contributed by atoms with Gasteiger partial charge in [0.15, 0.2) is 0 Å². The number of benzene rings is 3. The molecule has 0 spiro atoms. The molecule has 0 atom stereocenters. The van der Waals surface area contributed by atoms with E-state index in [0.29, 0.717) is 16.9 Å². The van der Waals surface area contributed by atoms with Crippen molar-refractivity contribution in [2.45, 2.75) is 0 Å². The topological polar surface area (TPSA) is 97.1 Å². The SMILES string of the molecule is NC(=O)Nc1ccc(C(=O)Nc2cccc(-c3nc4ccccc4s3)c2)cc1. The Morgan fingerprint density at radius 1 is 0.857 bits per heavy atom. The number of thiazole rings is 1. The van der Waals surface area contributed by atoms with Gasteiger partial charge in [0.05, 0.1) is 10.2 Å². The summed E-state index contributed by atoms with van der Waals surface area (Å²) in [5.41, 5.74) is 8.67. The van der Waals surface area contributed by atoms with Crippen molar-refractivity contribution >= 4 is 44.9 Å². The molecular formula is C21H16N4O2S. The van der Waals surface area contributed by atoms with Crippen molar-refractivity contribution < 1.29 is 9.59 Å². The van der Waals surface area contributed by atoms with Crippen molar-refractivity contribution in [1.82, 2.24) is 4.98 Å². The first-order valence-electron chi connectivity index (χ1n) is 8.52. The predicted octanol–water partition coefficient (Wildman–Crippen LogP) is 4.71. The fourth-order valence-electron chi connectivity index (χ4n) is 2.78. The van der Waals surface area contributed by atoms with Crippen molar-refractivity contribution in [2.24, 2.45) is 5.73 Å². The second kappa shape index (κ2) is 7.50. The summed E-state index contributed by atoms with van der Waals surface area (Å²) in [7, 11) is 0. The van der Waals surface area contributed by atoms with Gasteiger partial charge in [-0.15, -0.1) is 11.3 Å². The van der Waals surface area contributed by atoms with E-state index in [4.69, 9.17) is 5.73 Å². The highest BCUT2D eigenvalue weighted by Gasteiger charge is 2.09. The zero-order chi connectivity index (χ0) is 19.5. The molecule has 1 heterocycles. The number of nitrogens with two attached hydrogens (primary N) is 1. The van der Waals surface area contributed by atoms with E-state index >= 15 is 0 Å². The van der Waals surface area contributed by atoms with E-state index in [-0.39, 0.29) is 5.91 Å². The van der Waals surface area contributed by atoms with Gasteiger partial charge in [-0.2, -0.15) is 0 Å². The van der Waals surface area contributed by atoms with E-state index in [1.807, 2.05) is 48.5 Å². The van der Waals surface area contributed by atoms with Crippen LogP contribution >= 0.6 is 11.3 Å². The number of para-hydroxylation sites is 1. The number of aromatic nitrogens is 1. The van der Waals surface area contributed by atoms with E-state index in [0.717, 1.165) is 20.8 Å². The molecule has 138 valence electrons. The molecule has 0 bridgehead atoms. The summed E-state index contributed by atoms with van der Waals surface area (Å²) < 4.78 is 1.12. The number of amides is 3. The first-order valence-corrected chi connectivity index (χ1v) is 9.34. The highest BCUT2D eigenvalue weighted by atomic mass is 32.1. The highest BCUT2D eigenvalue weighted by molar-refractivity contribution is 7.21. The van der Waals surface area contributed by atoms with Crippen molar-refractivity contribution in [1.29, 1.82) is 0 Å². The van der Waals surface area contributed by atoms with Gasteiger partial charge >= 0.3 is 6.03 Å². The first kappa shape index (κ1) is 17.7. The lowest BCUT2D eigenvalue weighted by molar-refractivity contribution is 0.102. The molecule has 0 saturated carbocycles. The van der Waals surface area contributed by atoms with Gasteiger partial charge in [0.2, 0.25) is 0 Å². The molecule has 0 aliphatic carbocycles. The number of primary amides is 1. The molecule has 28 heavy (non-hydrogen) atoms. The molecule has 4 rings (SSSR count). The Kier molecular flexibility index (Phi) is 4.74. The average molecular weight is 388 g/mol. The number of hydrogen-bond donors (Lipinski definition) is 3. The molecule has 7 heteroatoms.